The predicted molar refractivity (Wildman–Crippen MR) is 65.9 cm³/mol. The van der Waals surface area contributed by atoms with Crippen LogP contribution in [0.3, 0.4) is 0 Å². The van der Waals surface area contributed by atoms with Crippen molar-refractivity contribution in [2.45, 2.75) is 0 Å². The summed E-state index contributed by atoms with van der Waals surface area (Å²) in [6.45, 7) is 0. The maximum atomic E-state index is 12.1. The molecule has 0 fully saturated rings. The number of fused-ring (bicyclic) bond motifs is 1. The molecule has 0 aliphatic carbocycles. The molecular formula is C12H9FN4O2. The van der Waals surface area contributed by atoms with Crippen LogP contribution in [0.1, 0.15) is 10.5 Å². The summed E-state index contributed by atoms with van der Waals surface area (Å²) in [5, 5.41) is 0. The fourth-order valence-corrected chi connectivity index (χ4v) is 1.98. The van der Waals surface area contributed by atoms with E-state index in [0.717, 1.165) is 11.1 Å². The van der Waals surface area contributed by atoms with Crippen LogP contribution in [-0.4, -0.2) is 20.3 Å². The van der Waals surface area contributed by atoms with Gasteiger partial charge < -0.3 is 10.7 Å². The minimum atomic E-state index is -1.17. The van der Waals surface area contributed by atoms with Crippen molar-refractivity contribution in [3.63, 3.8) is 0 Å². The Balaban J connectivity index is 2.24. The number of carbonyl (C=O) groups excluding carboxylic acids is 1. The van der Waals surface area contributed by atoms with E-state index in [2.05, 4.69) is 14.9 Å². The smallest absolute Gasteiger partial charge is 0.382 e. The zero-order valence-corrected chi connectivity index (χ0v) is 9.63. The number of aromatic nitrogens is 3. The van der Waals surface area contributed by atoms with Crippen molar-refractivity contribution < 1.29 is 14.3 Å². The summed E-state index contributed by atoms with van der Waals surface area (Å²) in [7, 11) is 0. The van der Waals surface area contributed by atoms with Gasteiger partial charge in [0.2, 0.25) is 0 Å². The highest BCUT2D eigenvalue weighted by Gasteiger charge is 2.20. The van der Waals surface area contributed by atoms with E-state index in [1.54, 1.807) is 24.7 Å². The molecule has 0 aliphatic heterocycles. The lowest BCUT2D eigenvalue weighted by Crippen LogP contribution is -2.06. The van der Waals surface area contributed by atoms with Gasteiger partial charge in [0.05, 0.1) is 0 Å². The maximum Gasteiger partial charge on any atom is 0.399 e. The molecule has 7 heteroatoms. The third kappa shape index (κ3) is 1.71. The van der Waals surface area contributed by atoms with Gasteiger partial charge in [-0.15, -0.1) is 0 Å². The van der Waals surface area contributed by atoms with Gasteiger partial charge in [0, 0.05) is 28.7 Å². The Morgan fingerprint density at radius 2 is 2.21 bits per heavy atom. The highest BCUT2D eigenvalue weighted by atomic mass is 19.3. The number of H-pyrrole nitrogens is 1. The maximum absolute atomic E-state index is 12.1. The number of imidazole rings is 1. The molecule has 0 saturated carbocycles. The molecule has 3 aromatic rings. The van der Waals surface area contributed by atoms with E-state index in [9.17, 15) is 9.32 Å². The number of nitrogens with zero attached hydrogens (tertiary/aromatic N) is 2. The first-order valence-electron chi connectivity index (χ1n) is 5.44. The summed E-state index contributed by atoms with van der Waals surface area (Å²) in [5.41, 5.74) is 7.66. The van der Waals surface area contributed by atoms with Gasteiger partial charge in [-0.1, -0.05) is 0 Å². The summed E-state index contributed by atoms with van der Waals surface area (Å²) >= 11 is 0. The van der Waals surface area contributed by atoms with Crippen molar-refractivity contribution in [3.05, 3.63) is 42.5 Å². The number of carbonyl (C=O) groups is 1. The second kappa shape index (κ2) is 4.13. The van der Waals surface area contributed by atoms with Gasteiger partial charge in [0.15, 0.2) is 11.5 Å². The number of halogens is 1. The Bertz CT molecular complexity index is 749. The average Bonchev–Trinajstić information content (AvgIpc) is 3.03. The Kier molecular flexibility index (Phi) is 2.45. The second-order valence-corrected chi connectivity index (χ2v) is 3.96. The van der Waals surface area contributed by atoms with Gasteiger partial charge in [0.25, 0.3) is 0 Å². The summed E-state index contributed by atoms with van der Waals surface area (Å²) < 4.78 is 13.5. The van der Waals surface area contributed by atoms with E-state index in [0.29, 0.717) is 5.65 Å². The molecule has 19 heavy (non-hydrogen) atoms. The number of hydrogen-bond acceptors (Lipinski definition) is 4. The fourth-order valence-electron chi connectivity index (χ4n) is 1.98. The number of nitrogen functional groups attached to an aromatic ring is 1. The molecule has 0 radical (unpaired) electrons. The van der Waals surface area contributed by atoms with Gasteiger partial charge in [-0.3, -0.25) is 4.40 Å². The van der Waals surface area contributed by atoms with Gasteiger partial charge in [-0.25, -0.2) is 14.7 Å². The molecule has 96 valence electrons. The minimum absolute atomic E-state index is 0.0751. The Morgan fingerprint density at radius 1 is 1.37 bits per heavy atom. The molecule has 6 nitrogen and oxygen atoms in total. The van der Waals surface area contributed by atoms with Gasteiger partial charge in [0.1, 0.15) is 5.65 Å². The number of nitrogens with one attached hydrogen (secondary N) is 1. The van der Waals surface area contributed by atoms with Crippen molar-refractivity contribution in [2.75, 3.05) is 5.73 Å². The first-order valence-corrected chi connectivity index (χ1v) is 5.44. The minimum Gasteiger partial charge on any atom is -0.382 e. The Morgan fingerprint density at radius 3 is 2.89 bits per heavy atom. The van der Waals surface area contributed by atoms with E-state index in [-0.39, 0.29) is 11.5 Å². The van der Waals surface area contributed by atoms with Crippen molar-refractivity contribution in [3.8, 4) is 11.1 Å². The third-order valence-electron chi connectivity index (χ3n) is 2.84. The first kappa shape index (κ1) is 11.3. The molecule has 0 bridgehead atoms. The van der Waals surface area contributed by atoms with Crippen molar-refractivity contribution in [2.24, 2.45) is 0 Å². The van der Waals surface area contributed by atoms with Crippen LogP contribution >= 0.6 is 0 Å². The number of hydrogen-bond donors (Lipinski definition) is 2. The molecule has 0 saturated heterocycles. The van der Waals surface area contributed by atoms with Crippen LogP contribution in [-0.2, 0) is 4.94 Å². The molecule has 0 spiro atoms. The SMILES string of the molecule is Nc1nc2ccc(-c3cc[nH]c3)cn2c1C(=O)OF. The van der Waals surface area contributed by atoms with Crippen LogP contribution < -0.4 is 5.73 Å². The molecule has 0 atom stereocenters. The zero-order chi connectivity index (χ0) is 13.4. The van der Waals surface area contributed by atoms with Crippen LogP contribution in [0, 0.1) is 0 Å². The molecule has 3 rings (SSSR count). The number of anilines is 1. The molecule has 0 aromatic carbocycles. The van der Waals surface area contributed by atoms with Gasteiger partial charge in [-0.05, 0) is 23.8 Å². The average molecular weight is 260 g/mol. The van der Waals surface area contributed by atoms with Crippen LogP contribution in [0.4, 0.5) is 10.3 Å². The van der Waals surface area contributed by atoms with E-state index in [4.69, 9.17) is 5.73 Å². The lowest BCUT2D eigenvalue weighted by atomic mass is 10.1. The first-order chi connectivity index (χ1) is 9.20. The molecule has 0 unspecified atom stereocenters. The lowest BCUT2D eigenvalue weighted by Gasteiger charge is -2.01. The van der Waals surface area contributed by atoms with Gasteiger partial charge in [-0.2, -0.15) is 0 Å². The van der Waals surface area contributed by atoms with Crippen molar-refractivity contribution in [1.29, 1.82) is 0 Å². The van der Waals surface area contributed by atoms with Crippen LogP contribution in [0.2, 0.25) is 0 Å². The predicted octanol–water partition coefficient (Wildman–Crippen LogP) is 1.95. The molecule has 0 aliphatic rings. The van der Waals surface area contributed by atoms with Crippen LogP contribution in [0.15, 0.2) is 36.8 Å². The van der Waals surface area contributed by atoms with E-state index in [1.807, 2.05) is 12.1 Å². The van der Waals surface area contributed by atoms with E-state index in [1.165, 1.54) is 4.40 Å². The molecule has 3 heterocycles. The normalized spacial score (nSPS) is 10.8. The largest absolute Gasteiger partial charge is 0.399 e. The van der Waals surface area contributed by atoms with Crippen molar-refractivity contribution in [1.82, 2.24) is 14.4 Å². The lowest BCUT2D eigenvalue weighted by molar-refractivity contribution is -0.0793. The zero-order valence-electron chi connectivity index (χ0n) is 9.63. The van der Waals surface area contributed by atoms with Crippen LogP contribution in [0.25, 0.3) is 16.8 Å². The monoisotopic (exact) mass is 260 g/mol. The third-order valence-corrected chi connectivity index (χ3v) is 2.84. The van der Waals surface area contributed by atoms with E-state index >= 15 is 0 Å². The standard InChI is InChI=1S/C12H9FN4O2/c13-19-12(18)10-11(14)16-9-2-1-8(6-17(9)10)7-3-4-15-5-7/h1-6,15H,14H2. The number of nitrogens with two attached hydrogens (primary N) is 1. The van der Waals surface area contributed by atoms with E-state index < -0.39 is 5.97 Å². The number of pyridine rings is 1. The molecule has 3 aromatic heterocycles. The molecule has 0 amide bonds. The second-order valence-electron chi connectivity index (χ2n) is 3.96. The molecular weight excluding hydrogens is 251 g/mol. The highest BCUT2D eigenvalue weighted by molar-refractivity contribution is 5.93. The number of rotatable bonds is 2. The van der Waals surface area contributed by atoms with Crippen molar-refractivity contribution >= 4 is 17.4 Å². The fraction of sp³-hybridized carbons (Fsp3) is 0. The molecule has 3 N–H and O–H groups in total. The summed E-state index contributed by atoms with van der Waals surface area (Å²) in [6.07, 6.45) is 5.22. The Labute approximate surface area is 106 Å². The summed E-state index contributed by atoms with van der Waals surface area (Å²) in [4.78, 5) is 21.5. The Hall–Kier alpha value is -2.83. The summed E-state index contributed by atoms with van der Waals surface area (Å²) in [5.74, 6) is -1.25. The topological polar surface area (TPSA) is 85.4 Å². The van der Waals surface area contributed by atoms with Gasteiger partial charge >= 0.3 is 5.97 Å². The summed E-state index contributed by atoms with van der Waals surface area (Å²) in [6, 6.07) is 5.39. The highest BCUT2D eigenvalue weighted by Crippen LogP contribution is 2.22. The quantitative estimate of drug-likeness (QED) is 0.737. The van der Waals surface area contributed by atoms with Crippen LogP contribution in [0.5, 0.6) is 0 Å². The number of aromatic amines is 1.